The Morgan fingerprint density at radius 3 is 2.55 bits per heavy atom. The van der Waals surface area contributed by atoms with Crippen LogP contribution >= 0.6 is 11.3 Å². The number of urea groups is 1. The first-order valence-corrected chi connectivity index (χ1v) is 7.25. The standard InChI is InChI=1S/C12H20N4O3S/c1-7(2)4-9(5-10(17)18)6-13-11(19)14-12-16-15-8(3)20-12/h7,9H,4-6H2,1-3H3,(H,17,18)(H2,13,14,16,19). The Balaban J connectivity index is 2.41. The van der Waals surface area contributed by atoms with Crippen LogP contribution in [0.15, 0.2) is 0 Å². The molecule has 20 heavy (non-hydrogen) atoms. The highest BCUT2D eigenvalue weighted by atomic mass is 32.1. The van der Waals surface area contributed by atoms with Gasteiger partial charge in [-0.2, -0.15) is 0 Å². The largest absolute Gasteiger partial charge is 0.481 e. The fraction of sp³-hybridized carbons (Fsp3) is 0.667. The molecule has 0 aromatic carbocycles. The Bertz CT molecular complexity index is 461. The van der Waals surface area contributed by atoms with Crippen molar-refractivity contribution in [2.45, 2.75) is 33.6 Å². The average Bonchev–Trinajstić information content (AvgIpc) is 2.70. The van der Waals surface area contributed by atoms with Crippen LogP contribution in [0.4, 0.5) is 9.93 Å². The average molecular weight is 300 g/mol. The van der Waals surface area contributed by atoms with Crippen LogP contribution in [-0.2, 0) is 4.79 Å². The van der Waals surface area contributed by atoms with E-state index in [-0.39, 0.29) is 18.4 Å². The molecule has 0 saturated heterocycles. The van der Waals surface area contributed by atoms with Gasteiger partial charge in [-0.3, -0.25) is 10.1 Å². The van der Waals surface area contributed by atoms with Crippen molar-refractivity contribution >= 4 is 28.5 Å². The van der Waals surface area contributed by atoms with Crippen LogP contribution in [0.25, 0.3) is 0 Å². The summed E-state index contributed by atoms with van der Waals surface area (Å²) in [5.74, 6) is -0.540. The second kappa shape index (κ2) is 7.78. The minimum absolute atomic E-state index is 0.0520. The summed E-state index contributed by atoms with van der Waals surface area (Å²) in [7, 11) is 0. The number of aryl methyl sites for hydroxylation is 1. The predicted octanol–water partition coefficient (Wildman–Crippen LogP) is 2.11. The van der Waals surface area contributed by atoms with Gasteiger partial charge in [0.2, 0.25) is 5.13 Å². The van der Waals surface area contributed by atoms with E-state index in [1.165, 1.54) is 11.3 Å². The van der Waals surface area contributed by atoms with Gasteiger partial charge >= 0.3 is 12.0 Å². The molecule has 0 aliphatic heterocycles. The van der Waals surface area contributed by atoms with E-state index in [1.807, 2.05) is 13.8 Å². The zero-order chi connectivity index (χ0) is 15.1. The summed E-state index contributed by atoms with van der Waals surface area (Å²) in [4.78, 5) is 22.5. The molecule has 8 heteroatoms. The number of anilines is 1. The van der Waals surface area contributed by atoms with E-state index < -0.39 is 5.97 Å². The van der Waals surface area contributed by atoms with E-state index in [4.69, 9.17) is 5.11 Å². The van der Waals surface area contributed by atoms with E-state index in [2.05, 4.69) is 20.8 Å². The van der Waals surface area contributed by atoms with Crippen molar-refractivity contribution in [2.75, 3.05) is 11.9 Å². The molecule has 1 rings (SSSR count). The normalized spacial score (nSPS) is 12.2. The molecule has 3 N–H and O–H groups in total. The van der Waals surface area contributed by atoms with E-state index in [9.17, 15) is 9.59 Å². The van der Waals surface area contributed by atoms with E-state index in [0.717, 1.165) is 11.4 Å². The minimum atomic E-state index is -0.849. The summed E-state index contributed by atoms with van der Waals surface area (Å²) in [6.45, 7) is 6.18. The van der Waals surface area contributed by atoms with Gasteiger partial charge in [0.25, 0.3) is 0 Å². The molecule has 0 spiro atoms. The number of rotatable bonds is 7. The molecule has 112 valence electrons. The molecule has 0 bridgehead atoms. The van der Waals surface area contributed by atoms with Gasteiger partial charge in [0, 0.05) is 13.0 Å². The molecule has 7 nitrogen and oxygen atoms in total. The highest BCUT2D eigenvalue weighted by Crippen LogP contribution is 2.15. The molecule has 0 fully saturated rings. The Kier molecular flexibility index (Phi) is 6.37. The van der Waals surface area contributed by atoms with Crippen LogP contribution in [0.1, 0.15) is 31.7 Å². The molecule has 1 aromatic heterocycles. The minimum Gasteiger partial charge on any atom is -0.481 e. The molecular weight excluding hydrogens is 280 g/mol. The number of hydrogen-bond acceptors (Lipinski definition) is 5. The highest BCUT2D eigenvalue weighted by molar-refractivity contribution is 7.15. The van der Waals surface area contributed by atoms with Crippen LogP contribution in [0.2, 0.25) is 0 Å². The number of carbonyl (C=O) groups is 2. The third-order valence-electron chi connectivity index (χ3n) is 2.57. The predicted molar refractivity (Wildman–Crippen MR) is 76.9 cm³/mol. The molecule has 0 saturated carbocycles. The Hall–Kier alpha value is -1.70. The van der Waals surface area contributed by atoms with Crippen LogP contribution in [0.5, 0.6) is 0 Å². The number of aliphatic carboxylic acids is 1. The van der Waals surface area contributed by atoms with Crippen molar-refractivity contribution in [2.24, 2.45) is 11.8 Å². The van der Waals surface area contributed by atoms with Crippen molar-refractivity contribution in [3.05, 3.63) is 5.01 Å². The van der Waals surface area contributed by atoms with Gasteiger partial charge in [0.1, 0.15) is 5.01 Å². The van der Waals surface area contributed by atoms with E-state index >= 15 is 0 Å². The van der Waals surface area contributed by atoms with E-state index in [1.54, 1.807) is 6.92 Å². The molecule has 0 aliphatic rings. The lowest BCUT2D eigenvalue weighted by atomic mass is 9.94. The monoisotopic (exact) mass is 300 g/mol. The third kappa shape index (κ3) is 6.46. The molecule has 1 heterocycles. The highest BCUT2D eigenvalue weighted by Gasteiger charge is 2.16. The second-order valence-corrected chi connectivity index (χ2v) is 6.24. The Morgan fingerprint density at radius 1 is 1.35 bits per heavy atom. The zero-order valence-corrected chi connectivity index (χ0v) is 12.7. The van der Waals surface area contributed by atoms with Crippen molar-refractivity contribution in [3.8, 4) is 0 Å². The summed E-state index contributed by atoms with van der Waals surface area (Å²) in [5, 5.41) is 22.9. The Morgan fingerprint density at radius 2 is 2.05 bits per heavy atom. The smallest absolute Gasteiger partial charge is 0.321 e. The fourth-order valence-electron chi connectivity index (χ4n) is 1.88. The quantitative estimate of drug-likeness (QED) is 0.715. The summed E-state index contributed by atoms with van der Waals surface area (Å²) < 4.78 is 0. The molecule has 1 unspecified atom stereocenters. The van der Waals surface area contributed by atoms with Crippen LogP contribution in [-0.4, -0.2) is 33.8 Å². The van der Waals surface area contributed by atoms with Gasteiger partial charge in [-0.1, -0.05) is 25.2 Å². The van der Waals surface area contributed by atoms with Crippen molar-refractivity contribution in [3.63, 3.8) is 0 Å². The number of aromatic nitrogens is 2. The van der Waals surface area contributed by atoms with Crippen molar-refractivity contribution < 1.29 is 14.7 Å². The van der Waals surface area contributed by atoms with Gasteiger partial charge in [-0.25, -0.2) is 4.79 Å². The molecule has 1 aromatic rings. The third-order valence-corrected chi connectivity index (χ3v) is 3.32. The van der Waals surface area contributed by atoms with Gasteiger partial charge < -0.3 is 10.4 Å². The lowest BCUT2D eigenvalue weighted by Crippen LogP contribution is -2.34. The topological polar surface area (TPSA) is 104 Å². The SMILES string of the molecule is Cc1nnc(NC(=O)NCC(CC(=O)O)CC(C)C)s1. The first-order valence-electron chi connectivity index (χ1n) is 6.43. The zero-order valence-electron chi connectivity index (χ0n) is 11.8. The van der Waals surface area contributed by atoms with E-state index in [0.29, 0.717) is 17.6 Å². The van der Waals surface area contributed by atoms with Gasteiger partial charge in [-0.05, 0) is 25.2 Å². The molecule has 0 radical (unpaired) electrons. The van der Waals surface area contributed by atoms with Crippen LogP contribution in [0.3, 0.4) is 0 Å². The second-order valence-electron chi connectivity index (χ2n) is 5.05. The van der Waals surface area contributed by atoms with Gasteiger partial charge in [-0.15, -0.1) is 10.2 Å². The number of nitrogens with one attached hydrogen (secondary N) is 2. The lowest BCUT2D eigenvalue weighted by molar-refractivity contribution is -0.138. The molecule has 0 aliphatic carbocycles. The maximum atomic E-state index is 11.7. The number of hydrogen-bond donors (Lipinski definition) is 3. The number of carboxylic acid groups (broad SMARTS) is 1. The molecule has 1 atom stereocenters. The first-order chi connectivity index (χ1) is 9.36. The number of carboxylic acids is 1. The summed E-state index contributed by atoms with van der Waals surface area (Å²) in [5.41, 5.74) is 0. The van der Waals surface area contributed by atoms with Crippen LogP contribution in [0, 0.1) is 18.8 Å². The Labute approximate surface area is 121 Å². The lowest BCUT2D eigenvalue weighted by Gasteiger charge is -2.17. The number of carbonyl (C=O) groups excluding carboxylic acids is 1. The maximum absolute atomic E-state index is 11.7. The first kappa shape index (κ1) is 16.4. The summed E-state index contributed by atoms with van der Waals surface area (Å²) in [6, 6.07) is -0.389. The number of amides is 2. The molecule has 2 amide bonds. The summed E-state index contributed by atoms with van der Waals surface area (Å²) in [6.07, 6.45) is 0.806. The van der Waals surface area contributed by atoms with Crippen molar-refractivity contribution in [1.29, 1.82) is 0 Å². The molecular formula is C12H20N4O3S. The van der Waals surface area contributed by atoms with Crippen molar-refractivity contribution in [1.82, 2.24) is 15.5 Å². The number of nitrogens with zero attached hydrogens (tertiary/aromatic N) is 2. The van der Waals surface area contributed by atoms with Gasteiger partial charge in [0.05, 0.1) is 0 Å². The van der Waals surface area contributed by atoms with Gasteiger partial charge in [0.15, 0.2) is 0 Å². The fourth-order valence-corrected chi connectivity index (χ4v) is 2.46. The van der Waals surface area contributed by atoms with Crippen LogP contribution < -0.4 is 10.6 Å². The maximum Gasteiger partial charge on any atom is 0.321 e. The summed E-state index contributed by atoms with van der Waals surface area (Å²) >= 11 is 1.28.